The molecule has 0 saturated carbocycles. The molecule has 0 aliphatic heterocycles. The molecule has 0 fully saturated rings. The van der Waals surface area contributed by atoms with Gasteiger partial charge in [0.2, 0.25) is 0 Å². The number of hydrogen-bond donors (Lipinski definition) is 1. The van der Waals surface area contributed by atoms with Crippen molar-refractivity contribution >= 4 is 15.9 Å². The second-order valence-electron chi connectivity index (χ2n) is 3.69. The van der Waals surface area contributed by atoms with Gasteiger partial charge >= 0.3 is 0 Å². The predicted molar refractivity (Wildman–Crippen MR) is 67.2 cm³/mol. The van der Waals surface area contributed by atoms with Crippen LogP contribution in [0.2, 0.25) is 0 Å². The lowest BCUT2D eigenvalue weighted by Crippen LogP contribution is -2.00. The van der Waals surface area contributed by atoms with Crippen LogP contribution in [0.15, 0.2) is 47.2 Å². The number of aryl methyl sites for hydroxylation is 1. The zero-order valence-electron chi connectivity index (χ0n) is 8.89. The van der Waals surface area contributed by atoms with E-state index < -0.39 is 6.10 Å². The van der Waals surface area contributed by atoms with Crippen LogP contribution < -0.4 is 0 Å². The third-order valence-corrected chi connectivity index (χ3v) is 3.30. The minimum absolute atomic E-state index is 0.611. The summed E-state index contributed by atoms with van der Waals surface area (Å²) in [6.45, 7) is 1.96. The lowest BCUT2D eigenvalue weighted by atomic mass is 10.0. The second-order valence-corrected chi connectivity index (χ2v) is 4.44. The molecule has 1 aromatic carbocycles. The van der Waals surface area contributed by atoms with Crippen molar-refractivity contribution in [2.75, 3.05) is 0 Å². The van der Waals surface area contributed by atoms with Gasteiger partial charge in [-0.15, -0.1) is 0 Å². The van der Waals surface area contributed by atoms with E-state index in [4.69, 9.17) is 0 Å². The van der Waals surface area contributed by atoms with Gasteiger partial charge in [-0.3, -0.25) is 0 Å². The molecule has 0 aliphatic carbocycles. The molecule has 2 nitrogen and oxygen atoms in total. The number of rotatable bonds is 2. The molecular weight excluding hydrogens is 266 g/mol. The van der Waals surface area contributed by atoms with Crippen molar-refractivity contribution in [1.29, 1.82) is 0 Å². The molecule has 1 aromatic heterocycles. The Morgan fingerprint density at radius 2 is 1.88 bits per heavy atom. The van der Waals surface area contributed by atoms with Gasteiger partial charge in [0.15, 0.2) is 0 Å². The van der Waals surface area contributed by atoms with Crippen LogP contribution in [0.4, 0.5) is 0 Å². The number of hydrogen-bond acceptors (Lipinski definition) is 2. The van der Waals surface area contributed by atoms with Crippen molar-refractivity contribution in [2.45, 2.75) is 13.0 Å². The number of aliphatic hydroxyl groups excluding tert-OH is 1. The molecule has 0 saturated heterocycles. The zero-order valence-corrected chi connectivity index (χ0v) is 10.5. The number of pyridine rings is 1. The average Bonchev–Trinajstić information content (AvgIpc) is 2.33. The Balaban J connectivity index is 2.34. The van der Waals surface area contributed by atoms with Crippen LogP contribution in [-0.2, 0) is 0 Å². The van der Waals surface area contributed by atoms with Crippen LogP contribution in [-0.4, -0.2) is 10.1 Å². The van der Waals surface area contributed by atoms with Crippen molar-refractivity contribution < 1.29 is 5.11 Å². The largest absolute Gasteiger partial charge is 0.384 e. The van der Waals surface area contributed by atoms with Gasteiger partial charge in [0, 0.05) is 11.8 Å². The summed E-state index contributed by atoms with van der Waals surface area (Å²) < 4.78 is 0.816. The Morgan fingerprint density at radius 1 is 1.19 bits per heavy atom. The minimum atomic E-state index is -0.611. The standard InChI is InChI=1S/C13H12BrNO/c1-9-7-11(8-15-13(9)14)12(16)10-5-3-2-4-6-10/h2-8,12,16H,1H3/t12-/m1/s1. The first-order chi connectivity index (χ1) is 7.68. The Morgan fingerprint density at radius 3 is 2.50 bits per heavy atom. The number of benzene rings is 1. The molecule has 0 unspecified atom stereocenters. The maximum atomic E-state index is 10.2. The summed E-state index contributed by atoms with van der Waals surface area (Å²) >= 11 is 3.34. The monoisotopic (exact) mass is 277 g/mol. The first-order valence-electron chi connectivity index (χ1n) is 5.03. The predicted octanol–water partition coefficient (Wildman–Crippen LogP) is 3.23. The second kappa shape index (κ2) is 4.76. The van der Waals surface area contributed by atoms with Gasteiger partial charge in [-0.05, 0) is 40.0 Å². The van der Waals surface area contributed by atoms with Gasteiger partial charge < -0.3 is 5.11 Å². The number of halogens is 1. The summed E-state index contributed by atoms with van der Waals surface area (Å²) in [4.78, 5) is 4.18. The molecule has 16 heavy (non-hydrogen) atoms. The summed E-state index contributed by atoms with van der Waals surface area (Å²) in [5.41, 5.74) is 2.71. The van der Waals surface area contributed by atoms with Crippen molar-refractivity contribution in [3.8, 4) is 0 Å². The van der Waals surface area contributed by atoms with Crippen molar-refractivity contribution in [1.82, 2.24) is 4.98 Å². The molecule has 3 heteroatoms. The van der Waals surface area contributed by atoms with E-state index in [1.54, 1.807) is 6.20 Å². The van der Waals surface area contributed by atoms with Crippen molar-refractivity contribution in [3.63, 3.8) is 0 Å². The van der Waals surface area contributed by atoms with E-state index in [1.165, 1.54) is 0 Å². The summed E-state index contributed by atoms with van der Waals surface area (Å²) in [5.74, 6) is 0. The van der Waals surface area contributed by atoms with E-state index in [0.717, 1.165) is 21.3 Å². The average molecular weight is 278 g/mol. The van der Waals surface area contributed by atoms with Crippen LogP contribution in [0.5, 0.6) is 0 Å². The van der Waals surface area contributed by atoms with Crippen molar-refractivity contribution in [2.24, 2.45) is 0 Å². The SMILES string of the molecule is Cc1cc([C@H](O)c2ccccc2)cnc1Br. The molecule has 0 spiro atoms. The lowest BCUT2D eigenvalue weighted by molar-refractivity contribution is 0.220. The highest BCUT2D eigenvalue weighted by Crippen LogP contribution is 2.23. The Bertz CT molecular complexity index is 485. The fraction of sp³-hybridized carbons (Fsp3) is 0.154. The van der Waals surface area contributed by atoms with Crippen molar-refractivity contribution in [3.05, 3.63) is 63.9 Å². The Labute approximate surface area is 103 Å². The third kappa shape index (κ3) is 2.31. The van der Waals surface area contributed by atoms with Crippen LogP contribution in [0.25, 0.3) is 0 Å². The molecule has 0 radical (unpaired) electrons. The topological polar surface area (TPSA) is 33.1 Å². The Hall–Kier alpha value is -1.19. The zero-order chi connectivity index (χ0) is 11.5. The number of aromatic nitrogens is 1. The highest BCUT2D eigenvalue weighted by molar-refractivity contribution is 9.10. The first-order valence-corrected chi connectivity index (χ1v) is 5.83. The molecule has 0 aliphatic rings. The molecule has 0 bridgehead atoms. The fourth-order valence-electron chi connectivity index (χ4n) is 1.56. The van der Waals surface area contributed by atoms with E-state index in [0.29, 0.717) is 0 Å². The normalized spacial score (nSPS) is 12.4. The summed E-state index contributed by atoms with van der Waals surface area (Å²) in [6, 6.07) is 11.5. The summed E-state index contributed by atoms with van der Waals surface area (Å²) in [6.07, 6.45) is 1.08. The molecule has 2 aromatic rings. The quantitative estimate of drug-likeness (QED) is 0.855. The van der Waals surface area contributed by atoms with E-state index in [1.807, 2.05) is 43.3 Å². The van der Waals surface area contributed by atoms with E-state index in [2.05, 4.69) is 20.9 Å². The number of aliphatic hydroxyl groups is 1. The van der Waals surface area contributed by atoms with Gasteiger partial charge in [-0.1, -0.05) is 30.3 Å². The lowest BCUT2D eigenvalue weighted by Gasteiger charge is -2.11. The van der Waals surface area contributed by atoms with Gasteiger partial charge in [-0.2, -0.15) is 0 Å². The van der Waals surface area contributed by atoms with Crippen LogP contribution in [0.3, 0.4) is 0 Å². The molecule has 1 heterocycles. The van der Waals surface area contributed by atoms with Crippen LogP contribution in [0.1, 0.15) is 22.8 Å². The molecular formula is C13H12BrNO. The maximum absolute atomic E-state index is 10.2. The maximum Gasteiger partial charge on any atom is 0.108 e. The summed E-state index contributed by atoms with van der Waals surface area (Å²) in [7, 11) is 0. The molecule has 0 amide bonds. The number of nitrogens with zero attached hydrogens (tertiary/aromatic N) is 1. The molecule has 2 rings (SSSR count). The summed E-state index contributed by atoms with van der Waals surface area (Å²) in [5, 5.41) is 10.2. The third-order valence-electron chi connectivity index (χ3n) is 2.47. The molecule has 82 valence electrons. The van der Waals surface area contributed by atoms with Crippen LogP contribution in [0, 0.1) is 6.92 Å². The van der Waals surface area contributed by atoms with Gasteiger partial charge in [0.25, 0.3) is 0 Å². The molecule has 1 atom stereocenters. The fourth-order valence-corrected chi connectivity index (χ4v) is 1.77. The molecule has 1 N–H and O–H groups in total. The highest BCUT2D eigenvalue weighted by Gasteiger charge is 2.11. The van der Waals surface area contributed by atoms with E-state index in [9.17, 15) is 5.11 Å². The highest BCUT2D eigenvalue weighted by atomic mass is 79.9. The van der Waals surface area contributed by atoms with Gasteiger partial charge in [0.1, 0.15) is 10.7 Å². The van der Waals surface area contributed by atoms with E-state index >= 15 is 0 Å². The minimum Gasteiger partial charge on any atom is -0.384 e. The van der Waals surface area contributed by atoms with Gasteiger partial charge in [-0.25, -0.2) is 4.98 Å². The van der Waals surface area contributed by atoms with Crippen LogP contribution >= 0.6 is 15.9 Å². The first kappa shape index (κ1) is 11.3. The smallest absolute Gasteiger partial charge is 0.108 e. The Kier molecular flexibility index (Phi) is 3.36. The van der Waals surface area contributed by atoms with E-state index in [-0.39, 0.29) is 0 Å². The van der Waals surface area contributed by atoms with Gasteiger partial charge in [0.05, 0.1) is 0 Å².